The summed E-state index contributed by atoms with van der Waals surface area (Å²) >= 11 is 0. The van der Waals surface area contributed by atoms with Gasteiger partial charge in [0, 0.05) is 0 Å². The SMILES string of the molecule is CCOC(=O)C(C(=O)OCC)c1c(F)c(C#N)c(C#N)c(F)c1OC. The van der Waals surface area contributed by atoms with Crippen LogP contribution in [0.5, 0.6) is 5.75 Å². The van der Waals surface area contributed by atoms with E-state index in [0.29, 0.717) is 0 Å². The molecule has 0 N–H and O–H groups in total. The molecule has 0 aliphatic carbocycles. The minimum atomic E-state index is -2.01. The summed E-state index contributed by atoms with van der Waals surface area (Å²) in [6.45, 7) is 2.63. The van der Waals surface area contributed by atoms with Gasteiger partial charge in [-0.2, -0.15) is 10.5 Å². The minimum absolute atomic E-state index is 0.136. The summed E-state index contributed by atoms with van der Waals surface area (Å²) in [5, 5.41) is 18.0. The molecule has 0 unspecified atom stereocenters. The Morgan fingerprint density at radius 3 is 1.80 bits per heavy atom. The largest absolute Gasteiger partial charge is 0.493 e. The zero-order chi connectivity index (χ0) is 19.1. The second-order valence-corrected chi connectivity index (χ2v) is 4.49. The van der Waals surface area contributed by atoms with Crippen LogP contribution in [0, 0.1) is 34.3 Å². The topological polar surface area (TPSA) is 109 Å². The third-order valence-electron chi connectivity index (χ3n) is 3.13. The molecule has 0 aliphatic rings. The van der Waals surface area contributed by atoms with Gasteiger partial charge in [-0.1, -0.05) is 0 Å². The number of carbonyl (C=O) groups is 2. The van der Waals surface area contributed by atoms with Crippen molar-refractivity contribution in [3.63, 3.8) is 0 Å². The smallest absolute Gasteiger partial charge is 0.325 e. The predicted molar refractivity (Wildman–Crippen MR) is 78.3 cm³/mol. The molecule has 0 spiro atoms. The van der Waals surface area contributed by atoms with E-state index in [4.69, 9.17) is 24.7 Å². The van der Waals surface area contributed by atoms with Gasteiger partial charge in [-0.3, -0.25) is 9.59 Å². The van der Waals surface area contributed by atoms with Gasteiger partial charge >= 0.3 is 11.9 Å². The Kier molecular flexibility index (Phi) is 6.82. The molecule has 0 fully saturated rings. The molecule has 25 heavy (non-hydrogen) atoms. The average Bonchev–Trinajstić information content (AvgIpc) is 2.58. The van der Waals surface area contributed by atoms with Gasteiger partial charge in [0.25, 0.3) is 0 Å². The fourth-order valence-electron chi connectivity index (χ4n) is 2.14. The van der Waals surface area contributed by atoms with Crippen LogP contribution in [-0.4, -0.2) is 32.3 Å². The van der Waals surface area contributed by atoms with Crippen molar-refractivity contribution < 1.29 is 32.6 Å². The van der Waals surface area contributed by atoms with Crippen LogP contribution in [0.25, 0.3) is 0 Å². The van der Waals surface area contributed by atoms with E-state index >= 15 is 0 Å². The Morgan fingerprint density at radius 2 is 1.44 bits per heavy atom. The maximum Gasteiger partial charge on any atom is 0.325 e. The summed E-state index contributed by atoms with van der Waals surface area (Å²) in [5.41, 5.74) is -2.70. The first-order chi connectivity index (χ1) is 11.9. The maximum absolute atomic E-state index is 14.8. The lowest BCUT2D eigenvalue weighted by Gasteiger charge is -2.19. The van der Waals surface area contributed by atoms with Crippen molar-refractivity contribution in [1.29, 1.82) is 10.5 Å². The van der Waals surface area contributed by atoms with Crippen LogP contribution in [0.2, 0.25) is 0 Å². The molecule has 9 heteroatoms. The molecule has 0 aromatic heterocycles. The number of rotatable bonds is 6. The summed E-state index contributed by atoms with van der Waals surface area (Å²) in [6, 6.07) is 2.70. The first kappa shape index (κ1) is 19.8. The fraction of sp³-hybridized carbons (Fsp3) is 0.375. The zero-order valence-corrected chi connectivity index (χ0v) is 13.7. The average molecular weight is 352 g/mol. The third-order valence-corrected chi connectivity index (χ3v) is 3.13. The highest BCUT2D eigenvalue weighted by atomic mass is 19.1. The number of methoxy groups -OCH3 is 1. The molecule has 0 heterocycles. The molecule has 0 bridgehead atoms. The number of nitriles is 2. The summed E-state index contributed by atoms with van der Waals surface area (Å²) < 4.78 is 43.4. The van der Waals surface area contributed by atoms with E-state index in [1.165, 1.54) is 26.0 Å². The monoisotopic (exact) mass is 352 g/mol. The van der Waals surface area contributed by atoms with Crippen molar-refractivity contribution in [2.75, 3.05) is 20.3 Å². The highest BCUT2D eigenvalue weighted by Gasteiger charge is 2.40. The Hall–Kier alpha value is -3.20. The number of ether oxygens (including phenoxy) is 3. The maximum atomic E-state index is 14.8. The quantitative estimate of drug-likeness (QED) is 0.568. The van der Waals surface area contributed by atoms with Crippen molar-refractivity contribution >= 4 is 11.9 Å². The molecule has 0 aliphatic heterocycles. The van der Waals surface area contributed by atoms with Crippen molar-refractivity contribution in [2.45, 2.75) is 19.8 Å². The summed E-state index contributed by atoms with van der Waals surface area (Å²) in [5.74, 6) is -8.06. The van der Waals surface area contributed by atoms with Crippen molar-refractivity contribution in [3.05, 3.63) is 28.3 Å². The van der Waals surface area contributed by atoms with E-state index in [9.17, 15) is 18.4 Å². The third kappa shape index (κ3) is 3.66. The number of benzene rings is 1. The lowest BCUT2D eigenvalue weighted by Crippen LogP contribution is -2.28. The zero-order valence-electron chi connectivity index (χ0n) is 13.7. The second kappa shape index (κ2) is 8.60. The van der Waals surface area contributed by atoms with Crippen LogP contribution in [-0.2, 0) is 19.1 Å². The Labute approximate surface area is 142 Å². The number of halogens is 2. The standard InChI is InChI=1S/C16H14F2N2O5/c1-4-24-15(21)11(16(22)25-5-2)10-12(17)8(6-19)9(7-20)13(18)14(10)23-3/h11H,4-5H2,1-3H3. The first-order valence-electron chi connectivity index (χ1n) is 7.11. The molecule has 0 radical (unpaired) electrons. The Bertz CT molecular complexity index is 759. The molecular formula is C16H14F2N2O5. The van der Waals surface area contributed by atoms with E-state index < -0.39 is 51.9 Å². The number of nitrogens with zero attached hydrogens (tertiary/aromatic N) is 2. The molecule has 0 amide bonds. The number of hydrogen-bond acceptors (Lipinski definition) is 7. The van der Waals surface area contributed by atoms with Crippen molar-refractivity contribution in [1.82, 2.24) is 0 Å². The Morgan fingerprint density at radius 1 is 1.00 bits per heavy atom. The van der Waals surface area contributed by atoms with Crippen LogP contribution in [0.4, 0.5) is 8.78 Å². The van der Waals surface area contributed by atoms with E-state index in [0.717, 1.165) is 7.11 Å². The summed E-state index contributed by atoms with van der Waals surface area (Å²) in [7, 11) is 0.960. The van der Waals surface area contributed by atoms with Crippen molar-refractivity contribution in [3.8, 4) is 17.9 Å². The molecule has 0 saturated carbocycles. The van der Waals surface area contributed by atoms with Crippen LogP contribution in [0.15, 0.2) is 0 Å². The van der Waals surface area contributed by atoms with E-state index in [1.807, 2.05) is 0 Å². The molecule has 1 aromatic rings. The van der Waals surface area contributed by atoms with E-state index in [1.54, 1.807) is 0 Å². The molecule has 1 aromatic carbocycles. The van der Waals surface area contributed by atoms with Gasteiger partial charge in [-0.05, 0) is 13.8 Å². The summed E-state index contributed by atoms with van der Waals surface area (Å²) in [6.07, 6.45) is 0. The molecular weight excluding hydrogens is 338 g/mol. The molecule has 132 valence electrons. The van der Waals surface area contributed by atoms with Crippen LogP contribution in [0.3, 0.4) is 0 Å². The predicted octanol–water partition coefficient (Wildman–Crippen LogP) is 1.93. The minimum Gasteiger partial charge on any atom is -0.493 e. The molecule has 0 saturated heterocycles. The van der Waals surface area contributed by atoms with Crippen molar-refractivity contribution in [2.24, 2.45) is 0 Å². The molecule has 1 rings (SSSR count). The van der Waals surface area contributed by atoms with Gasteiger partial charge < -0.3 is 14.2 Å². The summed E-state index contributed by atoms with van der Waals surface area (Å²) in [4.78, 5) is 24.3. The van der Waals surface area contributed by atoms with Gasteiger partial charge in [-0.25, -0.2) is 8.78 Å². The fourth-order valence-corrected chi connectivity index (χ4v) is 2.14. The lowest BCUT2D eigenvalue weighted by atomic mass is 9.92. The van der Waals surface area contributed by atoms with Crippen LogP contribution < -0.4 is 4.74 Å². The number of hydrogen-bond donors (Lipinski definition) is 0. The number of carbonyl (C=O) groups excluding carboxylic acids is 2. The highest BCUT2D eigenvalue weighted by Crippen LogP contribution is 2.37. The van der Waals surface area contributed by atoms with Crippen LogP contribution in [0.1, 0.15) is 36.5 Å². The first-order valence-corrected chi connectivity index (χ1v) is 7.11. The normalized spacial score (nSPS) is 9.92. The molecule has 7 nitrogen and oxygen atoms in total. The van der Waals surface area contributed by atoms with Gasteiger partial charge in [0.15, 0.2) is 23.3 Å². The van der Waals surface area contributed by atoms with Gasteiger partial charge in [0.1, 0.15) is 23.3 Å². The second-order valence-electron chi connectivity index (χ2n) is 4.49. The highest BCUT2D eigenvalue weighted by molar-refractivity contribution is 6.01. The van der Waals surface area contributed by atoms with Crippen LogP contribution >= 0.6 is 0 Å². The molecule has 0 atom stereocenters. The lowest BCUT2D eigenvalue weighted by molar-refractivity contribution is -0.157. The number of esters is 2. The Balaban J connectivity index is 3.84. The van der Waals surface area contributed by atoms with Gasteiger partial charge in [-0.15, -0.1) is 0 Å². The van der Waals surface area contributed by atoms with Gasteiger partial charge in [0.2, 0.25) is 0 Å². The van der Waals surface area contributed by atoms with E-state index in [2.05, 4.69) is 0 Å². The van der Waals surface area contributed by atoms with Gasteiger partial charge in [0.05, 0.1) is 25.9 Å². The van der Waals surface area contributed by atoms with E-state index in [-0.39, 0.29) is 13.2 Å².